The van der Waals surface area contributed by atoms with Gasteiger partial charge in [-0.15, -0.1) is 0 Å². The lowest BCUT2D eigenvalue weighted by Crippen LogP contribution is -2.44. The van der Waals surface area contributed by atoms with Gasteiger partial charge in [0.15, 0.2) is 0 Å². The van der Waals surface area contributed by atoms with Crippen molar-refractivity contribution in [2.75, 3.05) is 30.0 Å². The van der Waals surface area contributed by atoms with Crippen molar-refractivity contribution in [3.63, 3.8) is 0 Å². The van der Waals surface area contributed by atoms with Gasteiger partial charge in [0, 0.05) is 37.4 Å². The third-order valence-electron chi connectivity index (χ3n) is 7.20. The Morgan fingerprint density at radius 3 is 2.35 bits per heavy atom. The molecular formula is C33H32FN3O3. The number of anilines is 2. The van der Waals surface area contributed by atoms with Gasteiger partial charge >= 0.3 is 0 Å². The Kier molecular flexibility index (Phi) is 8.40. The summed E-state index contributed by atoms with van der Waals surface area (Å²) in [7, 11) is 1.57. The summed E-state index contributed by atoms with van der Waals surface area (Å²) >= 11 is 0. The molecule has 1 N–H and O–H groups in total. The largest absolute Gasteiger partial charge is 0.497 e. The van der Waals surface area contributed by atoms with Gasteiger partial charge < -0.3 is 15.0 Å². The molecule has 0 radical (unpaired) electrons. The number of halogens is 1. The fourth-order valence-electron chi connectivity index (χ4n) is 5.11. The smallest absolute Gasteiger partial charge is 0.248 e. The molecule has 0 saturated heterocycles. The van der Waals surface area contributed by atoms with Crippen molar-refractivity contribution >= 4 is 23.2 Å². The number of benzene rings is 4. The van der Waals surface area contributed by atoms with Crippen LogP contribution in [-0.4, -0.2) is 32.0 Å². The zero-order chi connectivity index (χ0) is 27.9. The van der Waals surface area contributed by atoms with Gasteiger partial charge in [-0.1, -0.05) is 60.7 Å². The van der Waals surface area contributed by atoms with Crippen molar-refractivity contribution in [2.45, 2.75) is 25.4 Å². The van der Waals surface area contributed by atoms with E-state index in [4.69, 9.17) is 4.74 Å². The molecule has 204 valence electrons. The topological polar surface area (TPSA) is 61.9 Å². The van der Waals surface area contributed by atoms with Crippen LogP contribution in [-0.2, 0) is 22.6 Å². The zero-order valence-corrected chi connectivity index (χ0v) is 22.4. The molecule has 0 unspecified atom stereocenters. The van der Waals surface area contributed by atoms with Gasteiger partial charge in [-0.05, 0) is 65.6 Å². The number of fused-ring (bicyclic) bond motifs is 1. The monoisotopic (exact) mass is 537 g/mol. The van der Waals surface area contributed by atoms with Gasteiger partial charge in [-0.25, -0.2) is 4.39 Å². The Morgan fingerprint density at radius 2 is 1.62 bits per heavy atom. The first-order valence-corrected chi connectivity index (χ1v) is 13.4. The molecule has 5 rings (SSSR count). The molecular weight excluding hydrogens is 505 g/mol. The maximum Gasteiger partial charge on any atom is 0.248 e. The summed E-state index contributed by atoms with van der Waals surface area (Å²) in [5.41, 5.74) is 4.41. The van der Waals surface area contributed by atoms with Gasteiger partial charge in [-0.3, -0.25) is 14.5 Å². The van der Waals surface area contributed by atoms with Crippen molar-refractivity contribution in [1.82, 2.24) is 5.32 Å². The predicted octanol–water partition coefficient (Wildman–Crippen LogP) is 5.68. The van der Waals surface area contributed by atoms with E-state index in [9.17, 15) is 14.0 Å². The molecule has 0 bridgehead atoms. The van der Waals surface area contributed by atoms with E-state index in [0.29, 0.717) is 30.1 Å². The summed E-state index contributed by atoms with van der Waals surface area (Å²) in [6.07, 6.45) is 1.12. The highest BCUT2D eigenvalue weighted by Crippen LogP contribution is 2.32. The lowest BCUT2D eigenvalue weighted by Gasteiger charge is -2.32. The highest BCUT2D eigenvalue weighted by atomic mass is 19.1. The molecule has 4 aromatic carbocycles. The van der Waals surface area contributed by atoms with Gasteiger partial charge in [0.25, 0.3) is 0 Å². The van der Waals surface area contributed by atoms with E-state index < -0.39 is 11.9 Å². The lowest BCUT2D eigenvalue weighted by molar-refractivity contribution is -0.126. The van der Waals surface area contributed by atoms with E-state index in [1.807, 2.05) is 42.5 Å². The minimum Gasteiger partial charge on any atom is -0.497 e. The van der Waals surface area contributed by atoms with E-state index in [0.717, 1.165) is 24.2 Å². The maximum atomic E-state index is 14.0. The summed E-state index contributed by atoms with van der Waals surface area (Å²) in [5.74, 6) is -0.344. The summed E-state index contributed by atoms with van der Waals surface area (Å²) in [6.45, 7) is 1.65. The Hall–Kier alpha value is -4.65. The zero-order valence-electron chi connectivity index (χ0n) is 22.4. The van der Waals surface area contributed by atoms with Crippen LogP contribution < -0.4 is 19.9 Å². The van der Waals surface area contributed by atoms with Crippen LogP contribution in [0.1, 0.15) is 29.2 Å². The summed E-state index contributed by atoms with van der Waals surface area (Å²) < 4.78 is 19.2. The molecule has 0 saturated carbocycles. The first-order chi connectivity index (χ1) is 19.5. The molecule has 4 aromatic rings. The number of nitrogens with one attached hydrogen (secondary N) is 1. The second kappa shape index (κ2) is 12.5. The quantitative estimate of drug-likeness (QED) is 0.283. The average Bonchev–Trinajstić information content (AvgIpc) is 3.42. The molecule has 1 aliphatic heterocycles. The molecule has 1 atom stereocenters. The Bertz CT molecular complexity index is 1440. The van der Waals surface area contributed by atoms with Crippen molar-refractivity contribution < 1.29 is 18.7 Å². The Morgan fingerprint density at radius 1 is 0.925 bits per heavy atom. The highest BCUT2D eigenvalue weighted by molar-refractivity contribution is 6.01. The fourth-order valence-corrected chi connectivity index (χ4v) is 5.11. The Labute approximate surface area is 234 Å². The van der Waals surface area contributed by atoms with Gasteiger partial charge in [-0.2, -0.15) is 0 Å². The first-order valence-electron chi connectivity index (χ1n) is 13.4. The van der Waals surface area contributed by atoms with E-state index >= 15 is 0 Å². The van der Waals surface area contributed by atoms with E-state index in [1.165, 1.54) is 22.6 Å². The number of para-hydroxylation sites is 1. The maximum absolute atomic E-state index is 14.0. The minimum atomic E-state index is -0.974. The van der Waals surface area contributed by atoms with Crippen LogP contribution >= 0.6 is 0 Å². The van der Waals surface area contributed by atoms with Crippen LogP contribution in [0.25, 0.3) is 0 Å². The number of carbonyl (C=O) groups excluding carboxylic acids is 2. The standard InChI is InChI=1S/C33H32FN3O3/c1-40-29-17-11-26(12-18-29)32(33(39)35-23-24-7-3-2-4-8-24)37(28-15-13-27(34)14-16-28)31(38)20-22-36-21-19-25-9-5-6-10-30(25)36/h2-18,32H,19-23H2,1H3,(H,35,39)/t32-/m1/s1. The highest BCUT2D eigenvalue weighted by Gasteiger charge is 2.33. The van der Waals surface area contributed by atoms with Crippen LogP contribution in [0.3, 0.4) is 0 Å². The van der Waals surface area contributed by atoms with Gasteiger partial charge in [0.05, 0.1) is 7.11 Å². The lowest BCUT2D eigenvalue weighted by atomic mass is 10.0. The van der Waals surface area contributed by atoms with Crippen molar-refractivity contribution in [3.05, 3.63) is 126 Å². The molecule has 7 heteroatoms. The summed E-state index contributed by atoms with van der Waals surface area (Å²) in [4.78, 5) is 31.6. The summed E-state index contributed by atoms with van der Waals surface area (Å²) in [6, 6.07) is 29.6. The van der Waals surface area contributed by atoms with Gasteiger partial charge in [0.2, 0.25) is 11.8 Å². The number of nitrogens with zero attached hydrogens (tertiary/aromatic N) is 2. The number of ether oxygens (including phenoxy) is 1. The SMILES string of the molecule is COc1ccc([C@H](C(=O)NCc2ccccc2)N(C(=O)CCN2CCc3ccccc32)c2ccc(F)cc2)cc1. The van der Waals surface area contributed by atoms with E-state index in [-0.39, 0.29) is 18.2 Å². The van der Waals surface area contributed by atoms with Crippen LogP contribution in [0, 0.1) is 5.82 Å². The fraction of sp³-hybridized carbons (Fsp3) is 0.212. The molecule has 1 heterocycles. The number of rotatable bonds is 10. The number of hydrogen-bond acceptors (Lipinski definition) is 4. The van der Waals surface area contributed by atoms with E-state index in [2.05, 4.69) is 22.3 Å². The summed E-state index contributed by atoms with van der Waals surface area (Å²) in [5, 5.41) is 3.00. The first kappa shape index (κ1) is 26.9. The van der Waals surface area contributed by atoms with Crippen LogP contribution in [0.5, 0.6) is 5.75 Å². The molecule has 0 aliphatic carbocycles. The van der Waals surface area contributed by atoms with Crippen LogP contribution in [0.15, 0.2) is 103 Å². The molecule has 1 aliphatic rings. The predicted molar refractivity (Wildman–Crippen MR) is 155 cm³/mol. The van der Waals surface area contributed by atoms with E-state index in [1.54, 1.807) is 43.5 Å². The molecule has 0 fully saturated rings. The van der Waals surface area contributed by atoms with Crippen LogP contribution in [0.2, 0.25) is 0 Å². The average molecular weight is 538 g/mol. The third kappa shape index (κ3) is 6.15. The third-order valence-corrected chi connectivity index (χ3v) is 7.20. The molecule has 40 heavy (non-hydrogen) atoms. The second-order valence-corrected chi connectivity index (χ2v) is 9.74. The van der Waals surface area contributed by atoms with Crippen molar-refractivity contribution in [2.24, 2.45) is 0 Å². The number of methoxy groups -OCH3 is 1. The normalized spacial score (nSPS) is 12.9. The Balaban J connectivity index is 1.46. The molecule has 0 aromatic heterocycles. The van der Waals surface area contributed by atoms with Crippen molar-refractivity contribution in [3.8, 4) is 5.75 Å². The molecule has 6 nitrogen and oxygen atoms in total. The molecule has 0 spiro atoms. The molecule has 2 amide bonds. The van der Waals surface area contributed by atoms with Gasteiger partial charge in [0.1, 0.15) is 17.6 Å². The number of amides is 2. The second-order valence-electron chi connectivity index (χ2n) is 9.74. The minimum absolute atomic E-state index is 0.185. The number of hydrogen-bond donors (Lipinski definition) is 1. The van der Waals surface area contributed by atoms with Crippen LogP contribution in [0.4, 0.5) is 15.8 Å². The van der Waals surface area contributed by atoms with Crippen molar-refractivity contribution in [1.29, 1.82) is 0 Å². The number of carbonyl (C=O) groups is 2.